The van der Waals surface area contributed by atoms with Crippen molar-refractivity contribution in [3.63, 3.8) is 0 Å². The third-order valence-corrected chi connectivity index (χ3v) is 3.55. The third kappa shape index (κ3) is 1.69. The van der Waals surface area contributed by atoms with E-state index in [4.69, 9.17) is 5.73 Å². The molecule has 90 valence electrons. The molecule has 3 nitrogen and oxygen atoms in total. The number of aromatic nitrogens is 2. The summed E-state index contributed by atoms with van der Waals surface area (Å²) in [6.07, 6.45) is 1.92. The third-order valence-electron chi connectivity index (χ3n) is 2.93. The van der Waals surface area contributed by atoms with Gasteiger partial charge in [0.25, 0.3) is 0 Å². The number of nitrogens with zero attached hydrogens (tertiary/aromatic N) is 2. The van der Waals surface area contributed by atoms with E-state index in [0.29, 0.717) is 5.82 Å². The number of benzene rings is 1. The number of nitrogens with two attached hydrogens (primary N) is 1. The minimum absolute atomic E-state index is 0.664. The Morgan fingerprint density at radius 3 is 2.78 bits per heavy atom. The molecular formula is C14H12BrN3. The van der Waals surface area contributed by atoms with Crippen LogP contribution in [0.25, 0.3) is 16.9 Å². The molecule has 0 fully saturated rings. The summed E-state index contributed by atoms with van der Waals surface area (Å²) in [5.41, 5.74) is 10.1. The van der Waals surface area contributed by atoms with Gasteiger partial charge in [0, 0.05) is 11.8 Å². The molecule has 0 bridgehead atoms. The van der Waals surface area contributed by atoms with Crippen LogP contribution < -0.4 is 5.73 Å². The number of hydrogen-bond acceptors (Lipinski definition) is 2. The summed E-state index contributed by atoms with van der Waals surface area (Å²) in [5, 5.41) is 0. The van der Waals surface area contributed by atoms with E-state index in [0.717, 1.165) is 21.4 Å². The van der Waals surface area contributed by atoms with Crippen LogP contribution in [0.4, 0.5) is 5.82 Å². The molecule has 0 radical (unpaired) electrons. The fourth-order valence-electron chi connectivity index (χ4n) is 2.06. The molecule has 3 rings (SSSR count). The van der Waals surface area contributed by atoms with E-state index in [1.165, 1.54) is 5.56 Å². The van der Waals surface area contributed by atoms with Gasteiger partial charge in [0.1, 0.15) is 11.5 Å². The van der Waals surface area contributed by atoms with E-state index in [-0.39, 0.29) is 0 Å². The molecule has 3 aromatic rings. The maximum Gasteiger partial charge on any atom is 0.153 e. The van der Waals surface area contributed by atoms with E-state index in [9.17, 15) is 0 Å². The summed E-state index contributed by atoms with van der Waals surface area (Å²) in [7, 11) is 0. The molecule has 18 heavy (non-hydrogen) atoms. The molecule has 0 atom stereocenters. The first-order valence-electron chi connectivity index (χ1n) is 5.66. The Hall–Kier alpha value is -1.81. The minimum Gasteiger partial charge on any atom is -0.383 e. The molecule has 0 unspecified atom stereocenters. The second-order valence-electron chi connectivity index (χ2n) is 4.26. The second kappa shape index (κ2) is 4.14. The predicted molar refractivity (Wildman–Crippen MR) is 77.5 cm³/mol. The monoisotopic (exact) mass is 301 g/mol. The van der Waals surface area contributed by atoms with Gasteiger partial charge in [0.2, 0.25) is 0 Å². The van der Waals surface area contributed by atoms with Crippen molar-refractivity contribution in [1.82, 2.24) is 9.38 Å². The van der Waals surface area contributed by atoms with E-state index in [1.54, 1.807) is 0 Å². The Morgan fingerprint density at radius 2 is 2.06 bits per heavy atom. The van der Waals surface area contributed by atoms with Crippen molar-refractivity contribution in [3.8, 4) is 11.3 Å². The smallest absolute Gasteiger partial charge is 0.153 e. The van der Waals surface area contributed by atoms with Crippen LogP contribution in [0.5, 0.6) is 0 Å². The quantitative estimate of drug-likeness (QED) is 0.745. The lowest BCUT2D eigenvalue weighted by Crippen LogP contribution is -1.93. The first-order valence-corrected chi connectivity index (χ1v) is 6.45. The Labute approximate surface area is 113 Å². The highest BCUT2D eigenvalue weighted by Gasteiger charge is 2.12. The zero-order valence-corrected chi connectivity index (χ0v) is 11.5. The average Bonchev–Trinajstić information content (AvgIpc) is 2.69. The van der Waals surface area contributed by atoms with Crippen LogP contribution in [0.1, 0.15) is 5.56 Å². The van der Waals surface area contributed by atoms with Gasteiger partial charge < -0.3 is 5.73 Å². The van der Waals surface area contributed by atoms with Crippen LogP contribution in [0.15, 0.2) is 47.1 Å². The number of imidazole rings is 1. The lowest BCUT2D eigenvalue weighted by atomic mass is 10.1. The van der Waals surface area contributed by atoms with Crippen LogP contribution in [-0.4, -0.2) is 9.38 Å². The van der Waals surface area contributed by atoms with Gasteiger partial charge in [-0.1, -0.05) is 23.8 Å². The lowest BCUT2D eigenvalue weighted by Gasteiger charge is -2.00. The summed E-state index contributed by atoms with van der Waals surface area (Å²) >= 11 is 3.49. The van der Waals surface area contributed by atoms with Crippen molar-refractivity contribution >= 4 is 27.4 Å². The van der Waals surface area contributed by atoms with Crippen molar-refractivity contribution in [2.45, 2.75) is 6.92 Å². The number of hydrogen-bond donors (Lipinski definition) is 1. The van der Waals surface area contributed by atoms with Gasteiger partial charge in [-0.05, 0) is 41.1 Å². The van der Waals surface area contributed by atoms with Crippen molar-refractivity contribution in [2.24, 2.45) is 0 Å². The van der Waals surface area contributed by atoms with E-state index >= 15 is 0 Å². The molecular weight excluding hydrogens is 290 g/mol. The number of nitrogen functional groups attached to an aromatic ring is 1. The predicted octanol–water partition coefficient (Wildman–Crippen LogP) is 3.65. The van der Waals surface area contributed by atoms with Crippen molar-refractivity contribution in [2.75, 3.05) is 5.73 Å². The highest BCUT2D eigenvalue weighted by molar-refractivity contribution is 9.10. The van der Waals surface area contributed by atoms with E-state index in [2.05, 4.69) is 40.0 Å². The molecule has 0 amide bonds. The lowest BCUT2D eigenvalue weighted by molar-refractivity contribution is 1.19. The number of pyridine rings is 1. The van der Waals surface area contributed by atoms with E-state index in [1.807, 2.05) is 34.9 Å². The number of anilines is 1. The Balaban J connectivity index is 2.30. The summed E-state index contributed by atoms with van der Waals surface area (Å²) in [4.78, 5) is 4.61. The molecule has 0 saturated heterocycles. The number of aryl methyl sites for hydroxylation is 1. The van der Waals surface area contributed by atoms with Gasteiger partial charge >= 0.3 is 0 Å². The zero-order chi connectivity index (χ0) is 12.7. The average molecular weight is 302 g/mol. The van der Waals surface area contributed by atoms with Crippen LogP contribution in [0, 0.1) is 6.92 Å². The van der Waals surface area contributed by atoms with Crippen LogP contribution in [-0.2, 0) is 0 Å². The fourth-order valence-corrected chi connectivity index (χ4v) is 2.49. The molecule has 1 aromatic carbocycles. The largest absolute Gasteiger partial charge is 0.383 e. The van der Waals surface area contributed by atoms with Crippen LogP contribution in [0.2, 0.25) is 0 Å². The first-order chi connectivity index (χ1) is 8.66. The fraction of sp³-hybridized carbons (Fsp3) is 0.0714. The van der Waals surface area contributed by atoms with Crippen LogP contribution in [0.3, 0.4) is 0 Å². The summed E-state index contributed by atoms with van der Waals surface area (Å²) in [5.74, 6) is 0.664. The highest BCUT2D eigenvalue weighted by Crippen LogP contribution is 2.29. The molecule has 0 spiro atoms. The molecule has 2 aromatic heterocycles. The normalized spacial score (nSPS) is 11.0. The molecule has 2 N–H and O–H groups in total. The first kappa shape index (κ1) is 11.3. The molecule has 0 aliphatic rings. The van der Waals surface area contributed by atoms with Crippen molar-refractivity contribution < 1.29 is 0 Å². The standard InChI is InChI=1S/C14H12BrN3/c1-9-4-2-5-10(8-9)12-13(16)18-7-3-6-11(15)14(18)17-12/h2-8H,16H2,1H3. The van der Waals surface area contributed by atoms with Crippen molar-refractivity contribution in [3.05, 3.63) is 52.6 Å². The summed E-state index contributed by atoms with van der Waals surface area (Å²) in [6, 6.07) is 12.1. The summed E-state index contributed by atoms with van der Waals surface area (Å²) in [6.45, 7) is 2.06. The minimum atomic E-state index is 0.664. The Kier molecular flexibility index (Phi) is 2.59. The highest BCUT2D eigenvalue weighted by atomic mass is 79.9. The van der Waals surface area contributed by atoms with Gasteiger partial charge in [-0.15, -0.1) is 0 Å². The molecule has 0 aliphatic carbocycles. The molecule has 0 saturated carbocycles. The maximum absolute atomic E-state index is 6.17. The van der Waals surface area contributed by atoms with Gasteiger partial charge in [-0.2, -0.15) is 0 Å². The topological polar surface area (TPSA) is 43.3 Å². The van der Waals surface area contributed by atoms with Crippen LogP contribution >= 0.6 is 15.9 Å². The molecule has 2 heterocycles. The number of rotatable bonds is 1. The van der Waals surface area contributed by atoms with Crippen molar-refractivity contribution in [1.29, 1.82) is 0 Å². The Morgan fingerprint density at radius 1 is 1.22 bits per heavy atom. The van der Waals surface area contributed by atoms with E-state index < -0.39 is 0 Å². The number of fused-ring (bicyclic) bond motifs is 1. The summed E-state index contributed by atoms with van der Waals surface area (Å²) < 4.78 is 2.83. The zero-order valence-electron chi connectivity index (χ0n) is 9.89. The van der Waals surface area contributed by atoms with Gasteiger partial charge in [-0.25, -0.2) is 4.98 Å². The molecule has 4 heteroatoms. The molecule has 0 aliphatic heterocycles. The maximum atomic E-state index is 6.17. The Bertz CT molecular complexity index is 731. The second-order valence-corrected chi connectivity index (χ2v) is 5.12. The number of halogens is 1. The van der Waals surface area contributed by atoms with Gasteiger partial charge in [0.15, 0.2) is 5.65 Å². The van der Waals surface area contributed by atoms with Gasteiger partial charge in [-0.3, -0.25) is 4.40 Å². The van der Waals surface area contributed by atoms with Gasteiger partial charge in [0.05, 0.1) is 4.47 Å². The SMILES string of the molecule is Cc1cccc(-c2nc3c(Br)cccn3c2N)c1.